The molecule has 6 heteroatoms. The molecule has 1 amide bonds. The molecule has 5 nitrogen and oxygen atoms in total. The van der Waals surface area contributed by atoms with Gasteiger partial charge in [0.25, 0.3) is 0 Å². The van der Waals surface area contributed by atoms with Crippen LogP contribution in [-0.4, -0.2) is 24.7 Å². The monoisotopic (exact) mass is 491 g/mol. The van der Waals surface area contributed by atoms with Gasteiger partial charge in [0.1, 0.15) is 0 Å². The topological polar surface area (TPSA) is 64.6 Å². The smallest absolute Gasteiger partial charge is 0.351 e. The molecular formula is C28H46NO4P. The summed E-state index contributed by atoms with van der Waals surface area (Å²) in [4.78, 5) is 13.2. The molecule has 0 aromatic rings. The Morgan fingerprint density at radius 1 is 1.09 bits per heavy atom. The first kappa shape index (κ1) is 26.2. The predicted molar refractivity (Wildman–Crippen MR) is 137 cm³/mol. The lowest BCUT2D eigenvalue weighted by molar-refractivity contribution is -0.133. The molecule has 34 heavy (non-hydrogen) atoms. The Labute approximate surface area is 207 Å². The van der Waals surface area contributed by atoms with E-state index in [0.29, 0.717) is 31.0 Å². The second kappa shape index (κ2) is 9.20. The van der Waals surface area contributed by atoms with Crippen molar-refractivity contribution in [3.63, 3.8) is 0 Å². The molecule has 2 fully saturated rings. The van der Waals surface area contributed by atoms with Crippen LogP contribution < -0.4 is 5.32 Å². The lowest BCUT2D eigenvalue weighted by Crippen LogP contribution is -2.52. The second-order valence-corrected chi connectivity index (χ2v) is 14.7. The molecule has 0 radical (unpaired) electrons. The lowest BCUT2D eigenvalue weighted by atomic mass is 9.48. The Hall–Kier alpha value is -0.900. The minimum absolute atomic E-state index is 0.0908. The van der Waals surface area contributed by atoms with Gasteiger partial charge in [-0.05, 0) is 120 Å². The van der Waals surface area contributed by atoms with Gasteiger partial charge in [-0.3, -0.25) is 9.36 Å². The molecule has 0 aromatic carbocycles. The molecule has 6 atom stereocenters. The molecular weight excluding hydrogens is 445 g/mol. The van der Waals surface area contributed by atoms with Crippen molar-refractivity contribution in [2.75, 3.05) is 13.2 Å². The first-order valence-corrected chi connectivity index (χ1v) is 15.0. The van der Waals surface area contributed by atoms with Crippen LogP contribution in [-0.2, 0) is 18.4 Å². The Morgan fingerprint density at radius 3 is 2.38 bits per heavy atom. The maximum atomic E-state index is 13.4. The zero-order valence-electron chi connectivity index (χ0n) is 22.4. The molecule has 0 aliphatic heterocycles. The van der Waals surface area contributed by atoms with Crippen LogP contribution in [0.2, 0.25) is 0 Å². The fourth-order valence-electron chi connectivity index (χ4n) is 7.96. The van der Waals surface area contributed by atoms with Crippen LogP contribution in [0.1, 0.15) is 93.4 Å². The Kier molecular flexibility index (Phi) is 7.08. The molecule has 0 spiro atoms. The summed E-state index contributed by atoms with van der Waals surface area (Å²) < 4.78 is 24.8. The van der Waals surface area contributed by atoms with E-state index in [9.17, 15) is 9.36 Å². The van der Waals surface area contributed by atoms with E-state index in [1.54, 1.807) is 0 Å². The first-order chi connectivity index (χ1) is 15.9. The molecule has 4 aliphatic rings. The SMILES string of the molecule is CCOP(=O)(OCC)C1=CC2=CC[C@H]3[C@@H]4CC[C@H](C(=O)NC(C)(C)C)[C@@]4(C)CC[C@@H]3[C@@]2(C)CC1. The maximum Gasteiger partial charge on any atom is 0.357 e. The van der Waals surface area contributed by atoms with Gasteiger partial charge in [-0.15, -0.1) is 0 Å². The van der Waals surface area contributed by atoms with Gasteiger partial charge >= 0.3 is 7.60 Å². The standard InChI is InChI=1S/C28H46NO4P/c1-8-32-34(31,33-9-2)20-14-16-27(6)19(18-20)10-11-21-22-12-13-24(25(30)29-26(3,4)5)28(22,7)17-15-23(21)27/h10,18,21-24H,8-9,11-17H2,1-7H3,(H,29,30)/t21-,22-,23-,24+,27-,28-/m0/s1. The zero-order valence-corrected chi connectivity index (χ0v) is 23.3. The number of amides is 1. The fraction of sp³-hybridized carbons (Fsp3) is 0.821. The fourth-order valence-corrected chi connectivity index (χ4v) is 9.73. The molecule has 4 aliphatic carbocycles. The van der Waals surface area contributed by atoms with E-state index in [4.69, 9.17) is 9.05 Å². The summed E-state index contributed by atoms with van der Waals surface area (Å²) >= 11 is 0. The van der Waals surface area contributed by atoms with E-state index in [1.165, 1.54) is 12.0 Å². The lowest BCUT2D eigenvalue weighted by Gasteiger charge is -2.57. The molecule has 192 valence electrons. The van der Waals surface area contributed by atoms with Crippen LogP contribution in [0.4, 0.5) is 0 Å². The van der Waals surface area contributed by atoms with Gasteiger partial charge in [0, 0.05) is 16.8 Å². The summed E-state index contributed by atoms with van der Waals surface area (Å²) in [5.74, 6) is 2.21. The summed E-state index contributed by atoms with van der Waals surface area (Å²) in [5.41, 5.74) is 1.34. The third-order valence-electron chi connectivity index (χ3n) is 9.51. The van der Waals surface area contributed by atoms with Crippen molar-refractivity contribution >= 4 is 13.5 Å². The number of nitrogens with one attached hydrogen (secondary N) is 1. The van der Waals surface area contributed by atoms with Gasteiger partial charge in [-0.25, -0.2) is 0 Å². The summed E-state index contributed by atoms with van der Waals surface area (Å²) in [6.07, 6.45) is 11.9. The molecule has 2 saturated carbocycles. The summed E-state index contributed by atoms with van der Waals surface area (Å²) in [7, 11) is -3.21. The van der Waals surface area contributed by atoms with Crippen molar-refractivity contribution in [3.8, 4) is 0 Å². The van der Waals surface area contributed by atoms with Gasteiger partial charge in [-0.1, -0.05) is 19.9 Å². The van der Waals surface area contributed by atoms with E-state index < -0.39 is 7.60 Å². The van der Waals surface area contributed by atoms with Gasteiger partial charge < -0.3 is 14.4 Å². The van der Waals surface area contributed by atoms with Crippen LogP contribution >= 0.6 is 7.60 Å². The maximum absolute atomic E-state index is 13.4. The highest BCUT2D eigenvalue weighted by Gasteiger charge is 2.60. The molecule has 0 bridgehead atoms. The van der Waals surface area contributed by atoms with Crippen LogP contribution in [0.25, 0.3) is 0 Å². The average Bonchev–Trinajstić information content (AvgIpc) is 3.09. The van der Waals surface area contributed by atoms with Crippen LogP contribution in [0, 0.1) is 34.5 Å². The number of hydrogen-bond acceptors (Lipinski definition) is 4. The summed E-state index contributed by atoms with van der Waals surface area (Å²) in [5, 5.41) is 4.12. The molecule has 4 rings (SSSR count). The van der Waals surface area contributed by atoms with Crippen molar-refractivity contribution in [2.45, 2.75) is 99.0 Å². The highest BCUT2D eigenvalue weighted by molar-refractivity contribution is 7.58. The number of rotatable bonds is 6. The van der Waals surface area contributed by atoms with Crippen molar-refractivity contribution in [1.82, 2.24) is 5.32 Å². The molecule has 1 N–H and O–H groups in total. The van der Waals surface area contributed by atoms with E-state index >= 15 is 0 Å². The predicted octanol–water partition coefficient (Wildman–Crippen LogP) is 7.24. The zero-order chi connectivity index (χ0) is 24.9. The Morgan fingerprint density at radius 2 is 1.76 bits per heavy atom. The average molecular weight is 492 g/mol. The summed E-state index contributed by atoms with van der Waals surface area (Å²) in [6, 6.07) is 0. The van der Waals surface area contributed by atoms with Crippen molar-refractivity contribution < 1.29 is 18.4 Å². The number of carbonyl (C=O) groups is 1. The Balaban J connectivity index is 1.59. The highest BCUT2D eigenvalue weighted by Crippen LogP contribution is 2.68. The Bertz CT molecular complexity index is 908. The minimum atomic E-state index is -3.21. The van der Waals surface area contributed by atoms with Crippen LogP contribution in [0.5, 0.6) is 0 Å². The number of carbonyl (C=O) groups excluding carboxylic acids is 1. The quantitative estimate of drug-likeness (QED) is 0.398. The van der Waals surface area contributed by atoms with E-state index in [-0.39, 0.29) is 28.2 Å². The molecule has 0 saturated heterocycles. The van der Waals surface area contributed by atoms with Crippen LogP contribution in [0.3, 0.4) is 0 Å². The van der Waals surface area contributed by atoms with Gasteiger partial charge in [0.15, 0.2) is 0 Å². The second-order valence-electron chi connectivity index (χ2n) is 12.6. The highest BCUT2D eigenvalue weighted by atomic mass is 31.2. The minimum Gasteiger partial charge on any atom is -0.351 e. The van der Waals surface area contributed by atoms with Crippen molar-refractivity contribution in [3.05, 3.63) is 23.0 Å². The van der Waals surface area contributed by atoms with Crippen LogP contribution in [0.15, 0.2) is 23.0 Å². The van der Waals surface area contributed by atoms with Gasteiger partial charge in [-0.2, -0.15) is 0 Å². The number of hydrogen-bond donors (Lipinski definition) is 1. The third-order valence-corrected chi connectivity index (χ3v) is 11.8. The molecule has 0 heterocycles. The summed E-state index contributed by atoms with van der Waals surface area (Å²) in [6.45, 7) is 15.6. The van der Waals surface area contributed by atoms with Crippen molar-refractivity contribution in [2.24, 2.45) is 34.5 Å². The third kappa shape index (κ3) is 4.39. The van der Waals surface area contributed by atoms with Crippen molar-refractivity contribution in [1.29, 1.82) is 0 Å². The first-order valence-electron chi connectivity index (χ1n) is 13.5. The van der Waals surface area contributed by atoms with E-state index in [0.717, 1.165) is 43.8 Å². The normalized spacial score (nSPS) is 37.7. The number of allylic oxidation sites excluding steroid dienone is 4. The molecule has 0 unspecified atom stereocenters. The van der Waals surface area contributed by atoms with Gasteiger partial charge in [0.2, 0.25) is 5.91 Å². The van der Waals surface area contributed by atoms with E-state index in [1.807, 2.05) is 13.8 Å². The van der Waals surface area contributed by atoms with E-state index in [2.05, 4.69) is 52.1 Å². The van der Waals surface area contributed by atoms with Gasteiger partial charge in [0.05, 0.1) is 13.2 Å². The largest absolute Gasteiger partial charge is 0.357 e. The molecule has 0 aromatic heterocycles. The number of fused-ring (bicyclic) bond motifs is 5.